The summed E-state index contributed by atoms with van der Waals surface area (Å²) in [5, 5.41) is 3.32. The van der Waals surface area contributed by atoms with Crippen molar-refractivity contribution in [2.45, 2.75) is 30.8 Å². The summed E-state index contributed by atoms with van der Waals surface area (Å²) in [6, 6.07) is 14.2. The molecule has 1 unspecified atom stereocenters. The zero-order valence-electron chi connectivity index (χ0n) is 13.7. The lowest BCUT2D eigenvalue weighted by Crippen LogP contribution is -2.18. The Labute approximate surface area is 143 Å². The second-order valence-electron chi connectivity index (χ2n) is 5.96. The summed E-state index contributed by atoms with van der Waals surface area (Å²) < 4.78 is 33.1. The van der Waals surface area contributed by atoms with Crippen molar-refractivity contribution >= 4 is 21.4 Å². The van der Waals surface area contributed by atoms with E-state index in [-0.39, 0.29) is 6.10 Å². The molecule has 0 aromatic heterocycles. The Morgan fingerprint density at radius 1 is 1.08 bits per heavy atom. The van der Waals surface area contributed by atoms with Crippen LogP contribution in [0, 0.1) is 6.92 Å². The minimum Gasteiger partial charge on any atom is -0.382 e. The molecule has 2 aromatic carbocycles. The van der Waals surface area contributed by atoms with Gasteiger partial charge in [0.2, 0.25) is 0 Å². The minimum absolute atomic E-state index is 0.268. The van der Waals surface area contributed by atoms with Crippen LogP contribution in [0.25, 0.3) is 0 Å². The Morgan fingerprint density at radius 2 is 1.79 bits per heavy atom. The quantitative estimate of drug-likeness (QED) is 0.841. The fourth-order valence-electron chi connectivity index (χ4n) is 2.76. The van der Waals surface area contributed by atoms with Crippen molar-refractivity contribution in [1.29, 1.82) is 0 Å². The van der Waals surface area contributed by atoms with Gasteiger partial charge < -0.3 is 10.1 Å². The molecule has 1 aliphatic heterocycles. The average molecular weight is 346 g/mol. The van der Waals surface area contributed by atoms with Crippen molar-refractivity contribution < 1.29 is 13.2 Å². The number of hydrogen-bond donors (Lipinski definition) is 2. The zero-order valence-corrected chi connectivity index (χ0v) is 14.5. The van der Waals surface area contributed by atoms with Crippen LogP contribution in [-0.4, -0.2) is 27.7 Å². The molecule has 6 heteroatoms. The summed E-state index contributed by atoms with van der Waals surface area (Å²) in [6.07, 6.45) is 2.47. The smallest absolute Gasteiger partial charge is 0.262 e. The van der Waals surface area contributed by atoms with Crippen molar-refractivity contribution in [3.8, 4) is 0 Å². The first-order chi connectivity index (χ1) is 11.5. The topological polar surface area (TPSA) is 67.4 Å². The largest absolute Gasteiger partial charge is 0.382 e. The van der Waals surface area contributed by atoms with Crippen LogP contribution < -0.4 is 10.0 Å². The maximum Gasteiger partial charge on any atom is 0.262 e. The van der Waals surface area contributed by atoms with Gasteiger partial charge in [0.1, 0.15) is 0 Å². The maximum atomic E-state index is 12.5. The molecule has 0 aliphatic carbocycles. The molecule has 1 aliphatic rings. The van der Waals surface area contributed by atoms with Gasteiger partial charge in [0.05, 0.1) is 11.0 Å². The number of hydrogen-bond acceptors (Lipinski definition) is 4. The number of nitrogens with one attached hydrogen (secondary N) is 2. The molecule has 0 radical (unpaired) electrons. The number of sulfonamides is 1. The highest BCUT2D eigenvalue weighted by Crippen LogP contribution is 2.21. The second kappa shape index (κ2) is 7.23. The van der Waals surface area contributed by atoms with E-state index in [2.05, 4.69) is 10.0 Å². The van der Waals surface area contributed by atoms with Gasteiger partial charge >= 0.3 is 0 Å². The summed E-state index contributed by atoms with van der Waals surface area (Å²) in [7, 11) is -3.57. The molecule has 0 amide bonds. The Balaban J connectivity index is 1.64. The zero-order chi connectivity index (χ0) is 17.0. The van der Waals surface area contributed by atoms with E-state index in [4.69, 9.17) is 4.74 Å². The molecule has 1 saturated heterocycles. The summed E-state index contributed by atoms with van der Waals surface area (Å²) in [5.41, 5.74) is 2.21. The van der Waals surface area contributed by atoms with E-state index in [9.17, 15) is 8.42 Å². The van der Waals surface area contributed by atoms with Gasteiger partial charge in [0, 0.05) is 24.5 Å². The van der Waals surface area contributed by atoms with Crippen molar-refractivity contribution in [2.24, 2.45) is 0 Å². The molecule has 0 bridgehead atoms. The number of ether oxygens (including phenoxy) is 1. The SMILES string of the molecule is Cc1ccccc1S(=O)(=O)Nc1ccc(NCC2CCCO2)cc1. The molecule has 5 nitrogen and oxygen atoms in total. The van der Waals surface area contributed by atoms with Crippen LogP contribution >= 0.6 is 0 Å². The van der Waals surface area contributed by atoms with Crippen LogP contribution in [0.4, 0.5) is 11.4 Å². The van der Waals surface area contributed by atoms with E-state index in [1.165, 1.54) is 0 Å². The summed E-state index contributed by atoms with van der Waals surface area (Å²) in [5.74, 6) is 0. The fourth-order valence-corrected chi connectivity index (χ4v) is 4.07. The molecule has 3 rings (SSSR count). The van der Waals surface area contributed by atoms with Gasteiger partial charge in [-0.15, -0.1) is 0 Å². The number of benzene rings is 2. The highest BCUT2D eigenvalue weighted by atomic mass is 32.2. The molecular weight excluding hydrogens is 324 g/mol. The van der Waals surface area contributed by atoms with E-state index >= 15 is 0 Å². The number of aryl methyl sites for hydroxylation is 1. The molecule has 1 heterocycles. The van der Waals surface area contributed by atoms with Crippen LogP contribution in [-0.2, 0) is 14.8 Å². The predicted octanol–water partition coefficient (Wildman–Crippen LogP) is 3.39. The van der Waals surface area contributed by atoms with Gasteiger partial charge in [0.15, 0.2) is 0 Å². The highest BCUT2D eigenvalue weighted by Gasteiger charge is 2.17. The normalized spacial score (nSPS) is 17.6. The fraction of sp³-hybridized carbons (Fsp3) is 0.333. The number of rotatable bonds is 6. The second-order valence-corrected chi connectivity index (χ2v) is 7.62. The minimum atomic E-state index is -3.57. The van der Waals surface area contributed by atoms with Gasteiger partial charge in [-0.3, -0.25) is 4.72 Å². The summed E-state index contributed by atoms with van der Waals surface area (Å²) in [6.45, 7) is 3.40. The van der Waals surface area contributed by atoms with Crippen molar-refractivity contribution in [3.05, 3.63) is 54.1 Å². The van der Waals surface area contributed by atoms with E-state index in [0.29, 0.717) is 10.6 Å². The number of anilines is 2. The predicted molar refractivity (Wildman–Crippen MR) is 95.9 cm³/mol. The van der Waals surface area contributed by atoms with E-state index in [1.807, 2.05) is 18.2 Å². The van der Waals surface area contributed by atoms with Crippen LogP contribution in [0.1, 0.15) is 18.4 Å². The first kappa shape index (κ1) is 16.8. The van der Waals surface area contributed by atoms with Gasteiger partial charge in [-0.2, -0.15) is 0 Å². The lowest BCUT2D eigenvalue weighted by atomic mass is 10.2. The Hall–Kier alpha value is -2.05. The van der Waals surface area contributed by atoms with Crippen LogP contribution in [0.5, 0.6) is 0 Å². The molecule has 24 heavy (non-hydrogen) atoms. The third-order valence-electron chi connectivity index (χ3n) is 4.08. The van der Waals surface area contributed by atoms with E-state index < -0.39 is 10.0 Å². The monoisotopic (exact) mass is 346 g/mol. The van der Waals surface area contributed by atoms with E-state index in [1.54, 1.807) is 37.3 Å². The molecule has 2 N–H and O–H groups in total. The third kappa shape index (κ3) is 4.07. The molecular formula is C18H22N2O3S. The van der Waals surface area contributed by atoms with Crippen LogP contribution in [0.3, 0.4) is 0 Å². The lowest BCUT2D eigenvalue weighted by molar-refractivity contribution is 0.120. The van der Waals surface area contributed by atoms with Crippen molar-refractivity contribution in [3.63, 3.8) is 0 Å². The van der Waals surface area contributed by atoms with Crippen molar-refractivity contribution in [2.75, 3.05) is 23.2 Å². The van der Waals surface area contributed by atoms with Crippen molar-refractivity contribution in [1.82, 2.24) is 0 Å². The van der Waals surface area contributed by atoms with Gasteiger partial charge in [-0.1, -0.05) is 18.2 Å². The molecule has 0 saturated carbocycles. The molecule has 1 atom stereocenters. The standard InChI is InChI=1S/C18H22N2O3S/c1-14-5-2-3-7-18(14)24(21,22)20-16-10-8-15(9-11-16)19-13-17-6-4-12-23-17/h2-3,5,7-11,17,19-20H,4,6,12-13H2,1H3. The molecule has 2 aromatic rings. The maximum absolute atomic E-state index is 12.5. The van der Waals surface area contributed by atoms with Gasteiger partial charge in [-0.25, -0.2) is 8.42 Å². The Bertz CT molecular complexity index is 782. The Morgan fingerprint density at radius 3 is 2.46 bits per heavy atom. The van der Waals surface area contributed by atoms with Gasteiger partial charge in [0.25, 0.3) is 10.0 Å². The first-order valence-electron chi connectivity index (χ1n) is 8.08. The Kier molecular flexibility index (Phi) is 5.06. The lowest BCUT2D eigenvalue weighted by Gasteiger charge is -2.13. The van der Waals surface area contributed by atoms with Crippen LogP contribution in [0.15, 0.2) is 53.4 Å². The molecule has 128 valence electrons. The molecule has 1 fully saturated rings. The van der Waals surface area contributed by atoms with Gasteiger partial charge in [-0.05, 0) is 55.7 Å². The van der Waals surface area contributed by atoms with Crippen LogP contribution in [0.2, 0.25) is 0 Å². The first-order valence-corrected chi connectivity index (χ1v) is 9.57. The highest BCUT2D eigenvalue weighted by molar-refractivity contribution is 7.92. The third-order valence-corrected chi connectivity index (χ3v) is 5.62. The summed E-state index contributed by atoms with van der Waals surface area (Å²) in [4.78, 5) is 0.297. The summed E-state index contributed by atoms with van der Waals surface area (Å²) >= 11 is 0. The average Bonchev–Trinajstić information content (AvgIpc) is 3.07. The van der Waals surface area contributed by atoms with E-state index in [0.717, 1.165) is 37.2 Å². The molecule has 0 spiro atoms.